The molecule has 0 spiro atoms. The molecule has 2 rings (SSSR count). The second-order valence-electron chi connectivity index (χ2n) is 4.70. The van der Waals surface area contributed by atoms with Crippen molar-refractivity contribution < 1.29 is 19.0 Å². The lowest BCUT2D eigenvalue weighted by molar-refractivity contribution is 0.0504. The first-order chi connectivity index (χ1) is 10.7. The Morgan fingerprint density at radius 2 is 1.86 bits per heavy atom. The molecule has 0 aromatic heterocycles. The van der Waals surface area contributed by atoms with Crippen molar-refractivity contribution in [3.8, 4) is 11.5 Å². The highest BCUT2D eigenvalue weighted by Crippen LogP contribution is 2.39. The number of ether oxygens (including phenoxy) is 3. The highest BCUT2D eigenvalue weighted by molar-refractivity contribution is 6.34. The van der Waals surface area contributed by atoms with Gasteiger partial charge in [-0.25, -0.2) is 0 Å². The molecule has 0 aliphatic rings. The molecule has 0 aliphatic heterocycles. The summed E-state index contributed by atoms with van der Waals surface area (Å²) in [7, 11) is 1.50. The van der Waals surface area contributed by atoms with Gasteiger partial charge in [0.2, 0.25) is 0 Å². The average Bonchev–Trinajstić information content (AvgIpc) is 2.54. The Morgan fingerprint density at radius 1 is 1.14 bits per heavy atom. The van der Waals surface area contributed by atoms with Crippen LogP contribution in [-0.4, -0.2) is 20.2 Å². The van der Waals surface area contributed by atoms with Crippen LogP contribution in [-0.2, 0) is 11.3 Å². The third-order valence-electron chi connectivity index (χ3n) is 3.07. The predicted molar refractivity (Wildman–Crippen MR) is 84.9 cm³/mol. The van der Waals surface area contributed by atoms with Crippen LogP contribution in [0.25, 0.3) is 0 Å². The molecule has 2 aromatic carbocycles. The monoisotopic (exact) mass is 320 g/mol. The molecule has 0 amide bonds. The van der Waals surface area contributed by atoms with Crippen LogP contribution in [0.1, 0.15) is 21.5 Å². The van der Waals surface area contributed by atoms with Crippen LogP contribution in [0, 0.1) is 6.92 Å². The average molecular weight is 321 g/mol. The molecule has 0 fully saturated rings. The predicted octanol–water partition coefficient (Wildman–Crippen LogP) is 4.02. The van der Waals surface area contributed by atoms with Gasteiger partial charge in [-0.05, 0) is 24.1 Å². The summed E-state index contributed by atoms with van der Waals surface area (Å²) in [5, 5.41) is 0.273. The van der Waals surface area contributed by atoms with Crippen molar-refractivity contribution in [3.05, 3.63) is 58.1 Å². The summed E-state index contributed by atoms with van der Waals surface area (Å²) >= 11 is 6.34. The number of hydrogen-bond acceptors (Lipinski definition) is 4. The van der Waals surface area contributed by atoms with Gasteiger partial charge in [0.1, 0.15) is 17.4 Å². The van der Waals surface area contributed by atoms with E-state index in [-0.39, 0.29) is 17.6 Å². The number of carbonyl (C=O) groups excluding carboxylic acids is 1. The number of methoxy groups -OCH3 is 1. The molecule has 2 aromatic rings. The van der Waals surface area contributed by atoms with E-state index in [4.69, 9.17) is 25.8 Å². The Hall–Kier alpha value is -2.04. The van der Waals surface area contributed by atoms with Crippen LogP contribution in [0.15, 0.2) is 36.4 Å². The summed E-state index contributed by atoms with van der Waals surface area (Å²) in [6, 6.07) is 11.4. The lowest BCUT2D eigenvalue weighted by atomic mass is 10.1. The van der Waals surface area contributed by atoms with Crippen LogP contribution in [0.2, 0.25) is 5.02 Å². The smallest absolute Gasteiger partial charge is 0.188 e. The molecule has 22 heavy (non-hydrogen) atoms. The molecule has 0 bridgehead atoms. The van der Waals surface area contributed by atoms with Gasteiger partial charge in [-0.3, -0.25) is 4.79 Å². The fourth-order valence-electron chi connectivity index (χ4n) is 2.03. The molecule has 116 valence electrons. The van der Waals surface area contributed by atoms with E-state index in [9.17, 15) is 4.79 Å². The van der Waals surface area contributed by atoms with Crippen molar-refractivity contribution >= 4 is 17.9 Å². The molecule has 0 heterocycles. The number of benzene rings is 2. The van der Waals surface area contributed by atoms with Gasteiger partial charge in [-0.2, -0.15) is 0 Å². The lowest BCUT2D eigenvalue weighted by Crippen LogP contribution is -2.05. The quantitative estimate of drug-likeness (QED) is 0.571. The van der Waals surface area contributed by atoms with Crippen molar-refractivity contribution in [2.24, 2.45) is 0 Å². The Bertz CT molecular complexity index is 641. The zero-order valence-electron chi connectivity index (χ0n) is 12.5. The maximum atomic E-state index is 11.2. The van der Waals surface area contributed by atoms with E-state index in [1.165, 1.54) is 7.11 Å². The molecular formula is C17H17ClO4. The fourth-order valence-corrected chi connectivity index (χ4v) is 2.39. The standard InChI is InChI=1S/C17H17ClO4/c1-12-8-14(9-19)17(22-11-20-2)15(18)16(12)21-10-13-6-4-3-5-7-13/h3-9H,10-11H2,1-2H3. The van der Waals surface area contributed by atoms with E-state index in [0.29, 0.717) is 24.2 Å². The molecule has 0 saturated heterocycles. The van der Waals surface area contributed by atoms with Gasteiger partial charge >= 0.3 is 0 Å². The molecule has 0 unspecified atom stereocenters. The third kappa shape index (κ3) is 3.78. The summed E-state index contributed by atoms with van der Waals surface area (Å²) in [6.07, 6.45) is 0.699. The molecule has 4 nitrogen and oxygen atoms in total. The third-order valence-corrected chi connectivity index (χ3v) is 3.41. The largest absolute Gasteiger partial charge is 0.487 e. The molecule has 0 atom stereocenters. The van der Waals surface area contributed by atoms with Crippen molar-refractivity contribution in [1.82, 2.24) is 0 Å². The number of carbonyl (C=O) groups is 1. The van der Waals surface area contributed by atoms with E-state index in [1.54, 1.807) is 6.07 Å². The number of hydrogen-bond donors (Lipinski definition) is 0. The molecule has 5 heteroatoms. The maximum absolute atomic E-state index is 11.2. The van der Waals surface area contributed by atoms with Crippen LogP contribution in [0.3, 0.4) is 0 Å². The number of aryl methyl sites for hydroxylation is 1. The first-order valence-corrected chi connectivity index (χ1v) is 7.12. The fraction of sp³-hybridized carbons (Fsp3) is 0.235. The van der Waals surface area contributed by atoms with Crippen molar-refractivity contribution in [3.63, 3.8) is 0 Å². The molecule has 0 aliphatic carbocycles. The van der Waals surface area contributed by atoms with E-state index >= 15 is 0 Å². The normalized spacial score (nSPS) is 10.3. The van der Waals surface area contributed by atoms with Crippen molar-refractivity contribution in [2.45, 2.75) is 13.5 Å². The zero-order valence-corrected chi connectivity index (χ0v) is 13.2. The lowest BCUT2D eigenvalue weighted by Gasteiger charge is -2.16. The first kappa shape index (κ1) is 16.3. The maximum Gasteiger partial charge on any atom is 0.188 e. The van der Waals surface area contributed by atoms with Crippen LogP contribution in [0.5, 0.6) is 11.5 Å². The molecule has 0 radical (unpaired) electrons. The Kier molecular flexibility index (Phi) is 5.81. The van der Waals surface area contributed by atoms with E-state index in [1.807, 2.05) is 37.3 Å². The molecular weight excluding hydrogens is 304 g/mol. The second-order valence-corrected chi connectivity index (χ2v) is 5.08. The number of halogens is 1. The Labute approximate surface area is 134 Å². The zero-order chi connectivity index (χ0) is 15.9. The van der Waals surface area contributed by atoms with E-state index < -0.39 is 0 Å². The Morgan fingerprint density at radius 3 is 2.50 bits per heavy atom. The van der Waals surface area contributed by atoms with E-state index in [0.717, 1.165) is 11.1 Å². The van der Waals surface area contributed by atoms with Gasteiger partial charge in [0.25, 0.3) is 0 Å². The van der Waals surface area contributed by atoms with Gasteiger partial charge < -0.3 is 14.2 Å². The minimum absolute atomic E-state index is 0.00173. The van der Waals surface area contributed by atoms with Crippen LogP contribution >= 0.6 is 11.6 Å². The first-order valence-electron chi connectivity index (χ1n) is 6.74. The summed E-state index contributed by atoms with van der Waals surface area (Å²) < 4.78 is 16.1. The summed E-state index contributed by atoms with van der Waals surface area (Å²) in [5.41, 5.74) is 2.16. The minimum atomic E-state index is 0.00173. The highest BCUT2D eigenvalue weighted by atomic mass is 35.5. The topological polar surface area (TPSA) is 44.8 Å². The number of aldehydes is 1. The van der Waals surface area contributed by atoms with Crippen LogP contribution < -0.4 is 9.47 Å². The summed E-state index contributed by atoms with van der Waals surface area (Å²) in [5.74, 6) is 0.773. The van der Waals surface area contributed by atoms with E-state index in [2.05, 4.69) is 0 Å². The minimum Gasteiger partial charge on any atom is -0.487 e. The van der Waals surface area contributed by atoms with Crippen molar-refractivity contribution in [2.75, 3.05) is 13.9 Å². The number of rotatable bonds is 7. The van der Waals surface area contributed by atoms with Crippen molar-refractivity contribution in [1.29, 1.82) is 0 Å². The van der Waals surface area contributed by atoms with Crippen LogP contribution in [0.4, 0.5) is 0 Å². The van der Waals surface area contributed by atoms with Gasteiger partial charge in [0, 0.05) is 7.11 Å². The van der Waals surface area contributed by atoms with Gasteiger partial charge in [0.05, 0.1) is 5.56 Å². The van der Waals surface area contributed by atoms with Gasteiger partial charge in [-0.15, -0.1) is 0 Å². The second kappa shape index (κ2) is 7.82. The highest BCUT2D eigenvalue weighted by Gasteiger charge is 2.17. The SMILES string of the molecule is COCOc1c(C=O)cc(C)c(OCc2ccccc2)c1Cl. The molecule has 0 saturated carbocycles. The molecule has 0 N–H and O–H groups in total. The Balaban J connectivity index is 2.28. The van der Waals surface area contributed by atoms with Gasteiger partial charge in [0.15, 0.2) is 18.8 Å². The summed E-state index contributed by atoms with van der Waals surface area (Å²) in [4.78, 5) is 11.2. The summed E-state index contributed by atoms with van der Waals surface area (Å²) in [6.45, 7) is 2.21. The van der Waals surface area contributed by atoms with Gasteiger partial charge in [-0.1, -0.05) is 41.9 Å².